The number of methoxy groups -OCH3 is 1. The van der Waals surface area contributed by atoms with Gasteiger partial charge >= 0.3 is 0 Å². The first kappa shape index (κ1) is 28.7. The molecule has 0 saturated carbocycles. The standard InChI is InChI=1S/C24H31Cl2N3O5S/c1-16(23(31)27-24(2,3)4)28(14-17-7-9-18(25)10-8-17)22(30)15-29(35(6,32)33)19-11-12-21(34-5)20(26)13-19/h7-13,16H,14-15H2,1-6H3,(H,27,31). The number of hydrogen-bond donors (Lipinski definition) is 1. The van der Waals surface area contributed by atoms with Gasteiger partial charge in [-0.2, -0.15) is 0 Å². The molecule has 0 aliphatic rings. The lowest BCUT2D eigenvalue weighted by Crippen LogP contribution is -2.54. The molecule has 8 nitrogen and oxygen atoms in total. The Morgan fingerprint density at radius 2 is 1.69 bits per heavy atom. The minimum Gasteiger partial charge on any atom is -0.495 e. The van der Waals surface area contributed by atoms with Crippen molar-refractivity contribution in [3.63, 3.8) is 0 Å². The van der Waals surface area contributed by atoms with Crippen molar-refractivity contribution in [2.75, 3.05) is 24.2 Å². The molecule has 0 saturated heterocycles. The maximum atomic E-state index is 13.5. The summed E-state index contributed by atoms with van der Waals surface area (Å²) < 4.78 is 31.3. The second-order valence-electron chi connectivity index (χ2n) is 9.15. The summed E-state index contributed by atoms with van der Waals surface area (Å²) >= 11 is 12.2. The Balaban J connectivity index is 2.42. The number of sulfonamides is 1. The fourth-order valence-corrected chi connectivity index (χ4v) is 4.49. The number of rotatable bonds is 9. The number of benzene rings is 2. The molecule has 2 aromatic rings. The van der Waals surface area contributed by atoms with Gasteiger partial charge in [0.15, 0.2) is 0 Å². The highest BCUT2D eigenvalue weighted by atomic mass is 35.5. The van der Waals surface area contributed by atoms with Crippen molar-refractivity contribution in [1.82, 2.24) is 10.2 Å². The number of carbonyl (C=O) groups excluding carboxylic acids is 2. The maximum Gasteiger partial charge on any atom is 0.244 e. The summed E-state index contributed by atoms with van der Waals surface area (Å²) in [5.41, 5.74) is 0.417. The number of ether oxygens (including phenoxy) is 1. The third kappa shape index (κ3) is 8.30. The van der Waals surface area contributed by atoms with Crippen LogP contribution in [0.5, 0.6) is 5.75 Å². The molecule has 0 spiro atoms. The van der Waals surface area contributed by atoms with E-state index in [0.717, 1.165) is 16.1 Å². The summed E-state index contributed by atoms with van der Waals surface area (Å²) in [6.07, 6.45) is 0.998. The van der Waals surface area contributed by atoms with Crippen LogP contribution in [-0.4, -0.2) is 56.6 Å². The number of anilines is 1. The quantitative estimate of drug-likeness (QED) is 0.513. The SMILES string of the molecule is COc1ccc(N(CC(=O)N(Cc2ccc(Cl)cc2)C(C)C(=O)NC(C)(C)C)S(C)(=O)=O)cc1Cl. The number of nitrogens with zero attached hydrogens (tertiary/aromatic N) is 2. The van der Waals surface area contributed by atoms with Crippen LogP contribution in [0.15, 0.2) is 42.5 Å². The molecule has 35 heavy (non-hydrogen) atoms. The van der Waals surface area contributed by atoms with Crippen molar-refractivity contribution in [2.24, 2.45) is 0 Å². The zero-order chi connectivity index (χ0) is 26.6. The Bertz CT molecular complexity index is 1160. The highest BCUT2D eigenvalue weighted by Crippen LogP contribution is 2.30. The molecule has 0 aliphatic carbocycles. The van der Waals surface area contributed by atoms with Gasteiger partial charge < -0.3 is 15.0 Å². The molecule has 0 heterocycles. The van der Waals surface area contributed by atoms with E-state index < -0.39 is 34.1 Å². The monoisotopic (exact) mass is 543 g/mol. The van der Waals surface area contributed by atoms with E-state index in [0.29, 0.717) is 10.8 Å². The Kier molecular flexibility index (Phi) is 9.44. The Morgan fingerprint density at radius 3 is 2.17 bits per heavy atom. The lowest BCUT2D eigenvalue weighted by molar-refractivity contribution is -0.140. The van der Waals surface area contributed by atoms with Crippen molar-refractivity contribution in [2.45, 2.75) is 45.8 Å². The van der Waals surface area contributed by atoms with Crippen LogP contribution in [0.4, 0.5) is 5.69 Å². The topological polar surface area (TPSA) is 96.0 Å². The minimum absolute atomic E-state index is 0.0791. The van der Waals surface area contributed by atoms with E-state index in [1.807, 2.05) is 20.8 Å². The average Bonchev–Trinajstić information content (AvgIpc) is 2.74. The Hall–Kier alpha value is -2.49. The predicted molar refractivity (Wildman–Crippen MR) is 140 cm³/mol. The minimum atomic E-state index is -3.87. The van der Waals surface area contributed by atoms with Crippen molar-refractivity contribution in [1.29, 1.82) is 0 Å². The molecule has 0 aliphatic heterocycles. The van der Waals surface area contributed by atoms with Crippen molar-refractivity contribution >= 4 is 50.7 Å². The van der Waals surface area contributed by atoms with Crippen LogP contribution in [0.3, 0.4) is 0 Å². The van der Waals surface area contributed by atoms with Gasteiger partial charge in [0.2, 0.25) is 21.8 Å². The van der Waals surface area contributed by atoms with Gasteiger partial charge in [-0.15, -0.1) is 0 Å². The summed E-state index contributed by atoms with van der Waals surface area (Å²) in [4.78, 5) is 27.8. The zero-order valence-corrected chi connectivity index (χ0v) is 23.0. The van der Waals surface area contributed by atoms with Crippen LogP contribution in [-0.2, 0) is 26.2 Å². The van der Waals surface area contributed by atoms with Gasteiger partial charge in [-0.1, -0.05) is 35.3 Å². The summed E-state index contributed by atoms with van der Waals surface area (Å²) in [6.45, 7) is 6.66. The fraction of sp³-hybridized carbons (Fsp3) is 0.417. The van der Waals surface area contributed by atoms with E-state index in [1.165, 1.54) is 30.2 Å². The van der Waals surface area contributed by atoms with E-state index >= 15 is 0 Å². The van der Waals surface area contributed by atoms with Gasteiger partial charge in [0, 0.05) is 17.1 Å². The van der Waals surface area contributed by atoms with E-state index in [9.17, 15) is 18.0 Å². The summed E-state index contributed by atoms with van der Waals surface area (Å²) in [5.74, 6) is -0.556. The maximum absolute atomic E-state index is 13.5. The van der Waals surface area contributed by atoms with E-state index in [1.54, 1.807) is 31.2 Å². The number of halogens is 2. The third-order valence-corrected chi connectivity index (χ3v) is 6.72. The first-order valence-electron chi connectivity index (χ1n) is 10.8. The lowest BCUT2D eigenvalue weighted by Gasteiger charge is -2.33. The van der Waals surface area contributed by atoms with Crippen molar-refractivity contribution < 1.29 is 22.7 Å². The van der Waals surface area contributed by atoms with Crippen molar-refractivity contribution in [3.05, 3.63) is 58.1 Å². The zero-order valence-electron chi connectivity index (χ0n) is 20.6. The number of nitrogens with one attached hydrogen (secondary N) is 1. The highest BCUT2D eigenvalue weighted by Gasteiger charge is 2.31. The summed E-state index contributed by atoms with van der Waals surface area (Å²) in [5, 5.41) is 3.60. The van der Waals surface area contributed by atoms with Gasteiger partial charge in [0.1, 0.15) is 18.3 Å². The normalized spacial score (nSPS) is 12.6. The summed E-state index contributed by atoms with van der Waals surface area (Å²) in [7, 11) is -2.43. The van der Waals surface area contributed by atoms with E-state index in [2.05, 4.69) is 5.32 Å². The van der Waals surface area contributed by atoms with Gasteiger partial charge in [0.25, 0.3) is 0 Å². The predicted octanol–water partition coefficient (Wildman–Crippen LogP) is 4.10. The largest absolute Gasteiger partial charge is 0.495 e. The second-order valence-corrected chi connectivity index (χ2v) is 11.9. The molecule has 0 aromatic heterocycles. The molecule has 11 heteroatoms. The lowest BCUT2D eigenvalue weighted by atomic mass is 10.1. The molecule has 1 N–H and O–H groups in total. The molecule has 0 fully saturated rings. The molecular weight excluding hydrogens is 513 g/mol. The first-order chi connectivity index (χ1) is 16.1. The van der Waals surface area contributed by atoms with Crippen LogP contribution < -0.4 is 14.4 Å². The molecule has 2 rings (SSSR count). The molecule has 0 radical (unpaired) electrons. The third-order valence-electron chi connectivity index (χ3n) is 5.03. The molecular formula is C24H31Cl2N3O5S. The van der Waals surface area contributed by atoms with Crippen LogP contribution in [0.2, 0.25) is 10.0 Å². The van der Waals surface area contributed by atoms with E-state index in [-0.39, 0.29) is 23.2 Å². The average molecular weight is 545 g/mol. The van der Waals surface area contributed by atoms with E-state index in [4.69, 9.17) is 27.9 Å². The van der Waals surface area contributed by atoms with Gasteiger partial charge in [-0.3, -0.25) is 13.9 Å². The van der Waals surface area contributed by atoms with Gasteiger partial charge in [-0.25, -0.2) is 8.42 Å². The Morgan fingerprint density at radius 1 is 1.09 bits per heavy atom. The second kappa shape index (κ2) is 11.5. The molecule has 2 amide bonds. The van der Waals surface area contributed by atoms with Gasteiger partial charge in [-0.05, 0) is 63.6 Å². The van der Waals surface area contributed by atoms with Crippen molar-refractivity contribution in [3.8, 4) is 5.75 Å². The Labute approximate surface area is 217 Å². The van der Waals surface area contributed by atoms with Gasteiger partial charge in [0.05, 0.1) is 24.1 Å². The van der Waals surface area contributed by atoms with Crippen LogP contribution in [0.1, 0.15) is 33.3 Å². The highest BCUT2D eigenvalue weighted by molar-refractivity contribution is 7.92. The molecule has 192 valence electrons. The number of amides is 2. The smallest absolute Gasteiger partial charge is 0.244 e. The molecule has 0 bridgehead atoms. The van der Waals surface area contributed by atoms with Crippen LogP contribution in [0, 0.1) is 0 Å². The fourth-order valence-electron chi connectivity index (χ4n) is 3.27. The van der Waals surface area contributed by atoms with Crippen LogP contribution in [0.25, 0.3) is 0 Å². The van der Waals surface area contributed by atoms with Crippen LogP contribution >= 0.6 is 23.2 Å². The molecule has 1 atom stereocenters. The first-order valence-corrected chi connectivity index (χ1v) is 13.4. The molecule has 2 aromatic carbocycles. The number of carbonyl (C=O) groups is 2. The number of hydrogen-bond acceptors (Lipinski definition) is 5. The summed E-state index contributed by atoms with van der Waals surface area (Å²) in [6, 6.07) is 10.4. The molecule has 1 unspecified atom stereocenters.